The van der Waals surface area contributed by atoms with Crippen LogP contribution in [-0.2, 0) is 6.42 Å². The van der Waals surface area contributed by atoms with Crippen molar-refractivity contribution in [1.29, 1.82) is 0 Å². The largest absolute Gasteiger partial charge is 0.465 e. The van der Waals surface area contributed by atoms with Gasteiger partial charge < -0.3 is 19.4 Å². The summed E-state index contributed by atoms with van der Waals surface area (Å²) in [6.07, 6.45) is 5.21. The number of rotatable bonds is 6. The number of hydrogen-bond donors (Lipinski definition) is 1. The number of carbonyl (C=O) groups is 1. The van der Waals surface area contributed by atoms with Crippen LogP contribution in [0.1, 0.15) is 56.5 Å². The minimum Gasteiger partial charge on any atom is -0.465 e. The number of aryl methyl sites for hydroxylation is 1. The van der Waals surface area contributed by atoms with Gasteiger partial charge in [-0.25, -0.2) is 4.79 Å². The van der Waals surface area contributed by atoms with E-state index < -0.39 is 6.09 Å². The molecule has 33 heavy (non-hydrogen) atoms. The number of likely N-dealkylation sites (tertiary alicyclic amines) is 2. The fraction of sp³-hybridized carbons (Fsp3) is 0.583. The summed E-state index contributed by atoms with van der Waals surface area (Å²) in [5, 5.41) is 19.2. The summed E-state index contributed by atoms with van der Waals surface area (Å²) in [5.74, 6) is 2.14. The van der Waals surface area contributed by atoms with Gasteiger partial charge in [-0.05, 0) is 75.3 Å². The molecule has 0 radical (unpaired) electrons. The Hall–Kier alpha value is -2.94. The second-order valence-corrected chi connectivity index (χ2v) is 9.28. The monoisotopic (exact) mass is 452 g/mol. The average Bonchev–Trinajstić information content (AvgIpc) is 3.48. The van der Waals surface area contributed by atoms with Gasteiger partial charge in [0.1, 0.15) is 0 Å². The van der Waals surface area contributed by atoms with Gasteiger partial charge >= 0.3 is 6.09 Å². The highest BCUT2D eigenvalue weighted by atomic mass is 16.5. The predicted molar refractivity (Wildman–Crippen MR) is 124 cm³/mol. The Bertz CT molecular complexity index is 1090. The molecule has 176 valence electrons. The maximum absolute atomic E-state index is 11.1. The van der Waals surface area contributed by atoms with Crippen molar-refractivity contribution in [3.05, 3.63) is 35.9 Å². The molecular weight excluding hydrogens is 420 g/mol. The van der Waals surface area contributed by atoms with Gasteiger partial charge in [0, 0.05) is 24.4 Å². The fourth-order valence-electron chi connectivity index (χ4n) is 5.20. The number of fused-ring (bicyclic) bond motifs is 1. The highest BCUT2D eigenvalue weighted by Gasteiger charge is 2.27. The summed E-state index contributed by atoms with van der Waals surface area (Å²) in [5.41, 5.74) is 2.05. The van der Waals surface area contributed by atoms with Crippen molar-refractivity contribution < 1.29 is 14.4 Å². The van der Waals surface area contributed by atoms with Crippen LogP contribution in [0.2, 0.25) is 0 Å². The minimum atomic E-state index is -0.786. The summed E-state index contributed by atoms with van der Waals surface area (Å²) >= 11 is 0. The van der Waals surface area contributed by atoms with Crippen LogP contribution in [0.25, 0.3) is 16.9 Å². The molecule has 1 amide bonds. The average molecular weight is 453 g/mol. The molecular formula is C24H32N6O3. The molecule has 4 heterocycles. The summed E-state index contributed by atoms with van der Waals surface area (Å²) in [6, 6.07) is 8.17. The SMILES string of the molecule is CCc1nn(-c2noc(C3CCN(CCC4CCN(C(=O)O)CC4)CC3)n2)c2ccccc12. The molecule has 0 atom stereocenters. The zero-order valence-corrected chi connectivity index (χ0v) is 19.2. The van der Waals surface area contributed by atoms with Crippen molar-refractivity contribution in [2.24, 2.45) is 5.92 Å². The van der Waals surface area contributed by atoms with Crippen molar-refractivity contribution in [3.8, 4) is 5.95 Å². The Labute approximate surface area is 193 Å². The molecule has 9 nitrogen and oxygen atoms in total. The lowest BCUT2D eigenvalue weighted by Crippen LogP contribution is -2.39. The second kappa shape index (κ2) is 9.51. The van der Waals surface area contributed by atoms with E-state index in [4.69, 9.17) is 19.7 Å². The molecule has 0 unspecified atom stereocenters. The van der Waals surface area contributed by atoms with E-state index in [1.165, 1.54) is 4.90 Å². The van der Waals surface area contributed by atoms with E-state index in [9.17, 15) is 4.79 Å². The van der Waals surface area contributed by atoms with Crippen LogP contribution >= 0.6 is 0 Å². The number of amides is 1. The number of benzene rings is 1. The number of aromatic nitrogens is 4. The summed E-state index contributed by atoms with van der Waals surface area (Å²) in [6.45, 7) is 6.59. The third-order valence-corrected chi connectivity index (χ3v) is 7.29. The maximum atomic E-state index is 11.1. The van der Waals surface area contributed by atoms with Gasteiger partial charge in [0.25, 0.3) is 5.95 Å². The zero-order chi connectivity index (χ0) is 22.8. The van der Waals surface area contributed by atoms with Crippen molar-refractivity contribution in [1.82, 2.24) is 29.7 Å². The second-order valence-electron chi connectivity index (χ2n) is 9.28. The Balaban J connectivity index is 1.15. The van der Waals surface area contributed by atoms with E-state index in [0.29, 0.717) is 30.8 Å². The fourth-order valence-corrected chi connectivity index (χ4v) is 5.20. The van der Waals surface area contributed by atoms with E-state index in [1.807, 2.05) is 18.2 Å². The van der Waals surface area contributed by atoms with Crippen molar-refractivity contribution in [2.45, 2.75) is 51.4 Å². The molecule has 0 bridgehead atoms. The summed E-state index contributed by atoms with van der Waals surface area (Å²) in [7, 11) is 0. The first-order chi connectivity index (χ1) is 16.1. The topological polar surface area (TPSA) is 101 Å². The molecule has 2 fully saturated rings. The lowest BCUT2D eigenvalue weighted by Gasteiger charge is -2.34. The van der Waals surface area contributed by atoms with E-state index in [0.717, 1.165) is 74.8 Å². The van der Waals surface area contributed by atoms with Gasteiger partial charge in [-0.2, -0.15) is 14.8 Å². The number of nitrogens with zero attached hydrogens (tertiary/aromatic N) is 6. The lowest BCUT2D eigenvalue weighted by molar-refractivity contribution is 0.117. The Morgan fingerprint density at radius 3 is 2.61 bits per heavy atom. The van der Waals surface area contributed by atoms with Crippen LogP contribution in [0.4, 0.5) is 4.79 Å². The van der Waals surface area contributed by atoms with Gasteiger partial charge in [-0.1, -0.05) is 25.1 Å². The van der Waals surface area contributed by atoms with E-state index in [-0.39, 0.29) is 5.92 Å². The minimum absolute atomic E-state index is 0.286. The summed E-state index contributed by atoms with van der Waals surface area (Å²) < 4.78 is 7.47. The highest BCUT2D eigenvalue weighted by Crippen LogP contribution is 2.29. The summed E-state index contributed by atoms with van der Waals surface area (Å²) in [4.78, 5) is 19.8. The number of carboxylic acid groups (broad SMARTS) is 1. The first kappa shape index (κ1) is 21.9. The number of piperidine rings is 2. The maximum Gasteiger partial charge on any atom is 0.407 e. The molecule has 2 aromatic heterocycles. The van der Waals surface area contributed by atoms with Crippen LogP contribution in [0.5, 0.6) is 0 Å². The number of hydrogen-bond acceptors (Lipinski definition) is 6. The predicted octanol–water partition coefficient (Wildman–Crippen LogP) is 3.93. The zero-order valence-electron chi connectivity index (χ0n) is 19.2. The van der Waals surface area contributed by atoms with Crippen molar-refractivity contribution >= 4 is 17.0 Å². The van der Waals surface area contributed by atoms with E-state index >= 15 is 0 Å². The highest BCUT2D eigenvalue weighted by molar-refractivity contribution is 5.83. The van der Waals surface area contributed by atoms with Gasteiger partial charge in [-0.15, -0.1) is 0 Å². The molecule has 0 saturated carbocycles. The van der Waals surface area contributed by atoms with Crippen LogP contribution in [0.15, 0.2) is 28.8 Å². The Morgan fingerprint density at radius 2 is 1.88 bits per heavy atom. The Kier molecular flexibility index (Phi) is 6.30. The molecule has 5 rings (SSSR count). The first-order valence-corrected chi connectivity index (χ1v) is 12.1. The molecule has 1 N–H and O–H groups in total. The quantitative estimate of drug-likeness (QED) is 0.605. The van der Waals surface area contributed by atoms with Crippen LogP contribution in [-0.4, -0.2) is 73.6 Å². The molecule has 2 aliphatic rings. The first-order valence-electron chi connectivity index (χ1n) is 12.1. The van der Waals surface area contributed by atoms with Crippen LogP contribution < -0.4 is 0 Å². The van der Waals surface area contributed by atoms with E-state index in [1.54, 1.807) is 4.68 Å². The Morgan fingerprint density at radius 1 is 1.12 bits per heavy atom. The third-order valence-electron chi connectivity index (χ3n) is 7.29. The molecule has 0 spiro atoms. The van der Waals surface area contributed by atoms with Gasteiger partial charge in [0.2, 0.25) is 5.89 Å². The van der Waals surface area contributed by atoms with Crippen LogP contribution in [0, 0.1) is 5.92 Å². The standard InChI is InChI=1S/C24H32N6O3/c1-2-20-19-5-3-4-6-21(19)30(26-20)23-25-22(33-27-23)18-10-13-28(14-11-18)12-7-17-8-15-29(16-9-17)24(31)32/h3-6,17-18H,2,7-16H2,1H3,(H,31,32). The molecule has 3 aromatic rings. The smallest absolute Gasteiger partial charge is 0.407 e. The number of para-hydroxylation sites is 1. The van der Waals surface area contributed by atoms with Crippen LogP contribution in [0.3, 0.4) is 0 Å². The van der Waals surface area contributed by atoms with Crippen molar-refractivity contribution in [2.75, 3.05) is 32.7 Å². The van der Waals surface area contributed by atoms with Gasteiger partial charge in [0.15, 0.2) is 0 Å². The molecule has 2 saturated heterocycles. The van der Waals surface area contributed by atoms with Crippen molar-refractivity contribution in [3.63, 3.8) is 0 Å². The molecule has 0 aliphatic carbocycles. The lowest BCUT2D eigenvalue weighted by atomic mass is 9.92. The normalized spacial score (nSPS) is 18.9. The molecule has 1 aromatic carbocycles. The molecule has 9 heteroatoms. The third kappa shape index (κ3) is 4.59. The van der Waals surface area contributed by atoms with Gasteiger partial charge in [-0.3, -0.25) is 0 Å². The van der Waals surface area contributed by atoms with E-state index in [2.05, 4.69) is 23.0 Å². The van der Waals surface area contributed by atoms with Gasteiger partial charge in [0.05, 0.1) is 11.2 Å². The molecule has 2 aliphatic heterocycles.